The molecule has 0 spiro atoms. The molecule has 1 aromatic rings. The Balaban J connectivity index is 2.56. The Labute approximate surface area is 82.6 Å². The summed E-state index contributed by atoms with van der Waals surface area (Å²) < 4.78 is 4.72. The number of nitrogens with two attached hydrogens (primary N) is 1. The molecule has 0 aromatic carbocycles. The van der Waals surface area contributed by atoms with Gasteiger partial charge in [0.15, 0.2) is 0 Å². The molecule has 0 aliphatic carbocycles. The van der Waals surface area contributed by atoms with Gasteiger partial charge in [-0.2, -0.15) is 0 Å². The molecule has 0 saturated carbocycles. The zero-order chi connectivity index (χ0) is 10.6. The lowest BCUT2D eigenvalue weighted by molar-refractivity contribution is 0.0890. The number of nitrogens with one attached hydrogen (secondary N) is 1. The highest BCUT2D eigenvalue weighted by Crippen LogP contribution is 2.02. The molecule has 1 rings (SSSR count). The van der Waals surface area contributed by atoms with Crippen LogP contribution >= 0.6 is 0 Å². The van der Waals surface area contributed by atoms with E-state index in [0.29, 0.717) is 12.5 Å². The maximum Gasteiger partial charge on any atom is 0.290 e. The average Bonchev–Trinajstić information content (AvgIpc) is 2.65. The maximum absolute atomic E-state index is 11.5. The monoisotopic (exact) mass is 197 g/mol. The molecule has 1 aromatic heterocycles. The largest absolute Gasteiger partial charge is 0.351 e. The van der Waals surface area contributed by atoms with Crippen LogP contribution in [0.25, 0.3) is 0 Å². The second kappa shape index (κ2) is 4.76. The van der Waals surface area contributed by atoms with Gasteiger partial charge >= 0.3 is 0 Å². The molecule has 5 heteroatoms. The third kappa shape index (κ3) is 2.56. The Kier molecular flexibility index (Phi) is 3.64. The first-order valence-electron chi connectivity index (χ1n) is 4.56. The van der Waals surface area contributed by atoms with Gasteiger partial charge in [-0.25, -0.2) is 0 Å². The maximum atomic E-state index is 11.5. The van der Waals surface area contributed by atoms with Crippen LogP contribution in [0.15, 0.2) is 16.8 Å². The molecule has 0 radical (unpaired) electrons. The number of aromatic nitrogens is 1. The molecule has 0 fully saturated rings. The van der Waals surface area contributed by atoms with Crippen molar-refractivity contribution in [2.75, 3.05) is 6.54 Å². The van der Waals surface area contributed by atoms with Crippen LogP contribution in [-0.2, 0) is 0 Å². The van der Waals surface area contributed by atoms with E-state index < -0.39 is 0 Å². The molecule has 0 aliphatic heterocycles. The van der Waals surface area contributed by atoms with E-state index in [1.807, 2.05) is 13.8 Å². The van der Waals surface area contributed by atoms with E-state index in [9.17, 15) is 4.79 Å². The average molecular weight is 197 g/mol. The number of nitrogens with zero attached hydrogens (tertiary/aromatic N) is 1. The molecule has 0 bridgehead atoms. The SMILES string of the molecule is CC(C)C(CN)NC(=O)c1ccno1. The van der Waals surface area contributed by atoms with Crippen molar-refractivity contribution in [2.24, 2.45) is 11.7 Å². The number of carbonyl (C=O) groups is 1. The van der Waals surface area contributed by atoms with Crippen LogP contribution in [0.5, 0.6) is 0 Å². The minimum atomic E-state index is -0.272. The van der Waals surface area contributed by atoms with E-state index in [1.54, 1.807) is 0 Å². The Bertz CT molecular complexity index is 282. The van der Waals surface area contributed by atoms with Crippen LogP contribution in [0.4, 0.5) is 0 Å². The van der Waals surface area contributed by atoms with E-state index in [0.717, 1.165) is 0 Å². The van der Waals surface area contributed by atoms with Gasteiger partial charge in [-0.1, -0.05) is 19.0 Å². The lowest BCUT2D eigenvalue weighted by atomic mass is 10.0. The summed E-state index contributed by atoms with van der Waals surface area (Å²) in [6.07, 6.45) is 1.43. The van der Waals surface area contributed by atoms with E-state index in [2.05, 4.69) is 10.5 Å². The van der Waals surface area contributed by atoms with Crippen molar-refractivity contribution in [3.8, 4) is 0 Å². The summed E-state index contributed by atoms with van der Waals surface area (Å²) in [4.78, 5) is 11.5. The molecule has 3 N–H and O–H groups in total. The predicted octanol–water partition coefficient (Wildman–Crippen LogP) is 0.388. The van der Waals surface area contributed by atoms with Crippen molar-refractivity contribution >= 4 is 5.91 Å². The standard InChI is InChI=1S/C9H15N3O2/c1-6(2)7(5-10)12-9(13)8-3-4-11-14-8/h3-4,6-7H,5,10H2,1-2H3,(H,12,13). The van der Waals surface area contributed by atoms with Gasteiger partial charge in [-0.3, -0.25) is 4.79 Å². The van der Waals surface area contributed by atoms with Crippen molar-refractivity contribution < 1.29 is 9.32 Å². The van der Waals surface area contributed by atoms with Crippen molar-refractivity contribution in [3.05, 3.63) is 18.0 Å². The van der Waals surface area contributed by atoms with Crippen molar-refractivity contribution in [1.29, 1.82) is 0 Å². The van der Waals surface area contributed by atoms with E-state index in [4.69, 9.17) is 10.3 Å². The van der Waals surface area contributed by atoms with E-state index in [-0.39, 0.29) is 17.7 Å². The van der Waals surface area contributed by atoms with Gasteiger partial charge in [0.2, 0.25) is 5.76 Å². The highest BCUT2D eigenvalue weighted by atomic mass is 16.5. The minimum absolute atomic E-state index is 0.0346. The van der Waals surface area contributed by atoms with Crippen LogP contribution in [-0.4, -0.2) is 23.7 Å². The topological polar surface area (TPSA) is 81.1 Å². The van der Waals surface area contributed by atoms with Crippen LogP contribution in [0.3, 0.4) is 0 Å². The molecular weight excluding hydrogens is 182 g/mol. The van der Waals surface area contributed by atoms with Gasteiger partial charge in [0.1, 0.15) is 0 Å². The molecule has 14 heavy (non-hydrogen) atoms. The Hall–Kier alpha value is -1.36. The lowest BCUT2D eigenvalue weighted by Crippen LogP contribution is -2.43. The fourth-order valence-electron chi connectivity index (χ4n) is 1.07. The second-order valence-corrected chi connectivity index (χ2v) is 3.44. The molecule has 5 nitrogen and oxygen atoms in total. The number of hydrogen-bond donors (Lipinski definition) is 2. The molecular formula is C9H15N3O2. The third-order valence-corrected chi connectivity index (χ3v) is 2.04. The number of rotatable bonds is 4. The summed E-state index contributed by atoms with van der Waals surface area (Å²) in [7, 11) is 0. The fraction of sp³-hybridized carbons (Fsp3) is 0.556. The summed E-state index contributed by atoms with van der Waals surface area (Å²) in [6, 6.07) is 1.48. The summed E-state index contributed by atoms with van der Waals surface area (Å²) in [5.41, 5.74) is 5.51. The fourth-order valence-corrected chi connectivity index (χ4v) is 1.07. The molecule has 78 valence electrons. The molecule has 1 atom stereocenters. The van der Waals surface area contributed by atoms with Crippen LogP contribution < -0.4 is 11.1 Å². The lowest BCUT2D eigenvalue weighted by Gasteiger charge is -2.19. The van der Waals surface area contributed by atoms with Gasteiger partial charge in [0, 0.05) is 18.7 Å². The first-order chi connectivity index (χ1) is 6.65. The minimum Gasteiger partial charge on any atom is -0.351 e. The summed E-state index contributed by atoms with van der Waals surface area (Å²) >= 11 is 0. The first kappa shape index (κ1) is 10.7. The smallest absolute Gasteiger partial charge is 0.290 e. The van der Waals surface area contributed by atoms with Crippen molar-refractivity contribution in [1.82, 2.24) is 10.5 Å². The quantitative estimate of drug-likeness (QED) is 0.731. The molecule has 0 saturated heterocycles. The first-order valence-corrected chi connectivity index (χ1v) is 4.56. The molecule has 1 heterocycles. The summed E-state index contributed by atoms with van der Waals surface area (Å²) in [5, 5.41) is 6.22. The van der Waals surface area contributed by atoms with E-state index in [1.165, 1.54) is 12.3 Å². The van der Waals surface area contributed by atoms with Crippen molar-refractivity contribution in [2.45, 2.75) is 19.9 Å². The second-order valence-electron chi connectivity index (χ2n) is 3.44. The Morgan fingerprint density at radius 1 is 1.71 bits per heavy atom. The number of hydrogen-bond acceptors (Lipinski definition) is 4. The predicted molar refractivity (Wildman–Crippen MR) is 51.6 cm³/mol. The number of amides is 1. The van der Waals surface area contributed by atoms with Gasteiger partial charge in [-0.15, -0.1) is 0 Å². The van der Waals surface area contributed by atoms with E-state index >= 15 is 0 Å². The molecule has 1 unspecified atom stereocenters. The Morgan fingerprint density at radius 3 is 2.86 bits per heavy atom. The van der Waals surface area contributed by atoms with Gasteiger partial charge in [-0.05, 0) is 5.92 Å². The molecule has 1 amide bonds. The normalized spacial score (nSPS) is 12.9. The zero-order valence-electron chi connectivity index (χ0n) is 8.36. The molecule has 0 aliphatic rings. The van der Waals surface area contributed by atoms with Gasteiger partial charge in [0.05, 0.1) is 6.20 Å². The summed E-state index contributed by atoms with van der Waals surface area (Å²) in [5.74, 6) is 0.239. The number of carbonyl (C=O) groups excluding carboxylic acids is 1. The highest BCUT2D eigenvalue weighted by molar-refractivity contribution is 5.91. The summed E-state index contributed by atoms with van der Waals surface area (Å²) in [6.45, 7) is 4.41. The van der Waals surface area contributed by atoms with Crippen LogP contribution in [0.2, 0.25) is 0 Å². The van der Waals surface area contributed by atoms with Crippen molar-refractivity contribution in [3.63, 3.8) is 0 Å². The zero-order valence-corrected chi connectivity index (χ0v) is 8.36. The van der Waals surface area contributed by atoms with Gasteiger partial charge in [0.25, 0.3) is 5.91 Å². The third-order valence-electron chi connectivity index (χ3n) is 2.04. The Morgan fingerprint density at radius 2 is 2.43 bits per heavy atom. The van der Waals surface area contributed by atoms with Crippen LogP contribution in [0.1, 0.15) is 24.4 Å². The van der Waals surface area contributed by atoms with Gasteiger partial charge < -0.3 is 15.6 Å². The van der Waals surface area contributed by atoms with Crippen LogP contribution in [0, 0.1) is 5.92 Å². The highest BCUT2D eigenvalue weighted by Gasteiger charge is 2.17.